The van der Waals surface area contributed by atoms with Gasteiger partial charge in [-0.15, -0.1) is 0 Å². The van der Waals surface area contributed by atoms with E-state index in [0.29, 0.717) is 11.6 Å². The first kappa shape index (κ1) is 13.0. The number of nitrogens with one attached hydrogen (secondary N) is 1. The predicted octanol–water partition coefficient (Wildman–Crippen LogP) is 2.92. The molecule has 4 rings (SSSR count). The van der Waals surface area contributed by atoms with Crippen LogP contribution in [0.15, 0.2) is 49.1 Å². The Kier molecular flexibility index (Phi) is 3.08. The van der Waals surface area contributed by atoms with Crippen LogP contribution in [0.2, 0.25) is 5.02 Å². The van der Waals surface area contributed by atoms with Crippen LogP contribution in [0, 0.1) is 0 Å². The van der Waals surface area contributed by atoms with Crippen molar-refractivity contribution < 1.29 is 0 Å². The fraction of sp³-hybridized carbons (Fsp3) is 0.0667. The molecule has 0 spiro atoms. The number of aromatic amines is 1. The predicted molar refractivity (Wildman–Crippen MR) is 83.5 cm³/mol. The zero-order valence-electron chi connectivity index (χ0n) is 11.4. The van der Waals surface area contributed by atoms with Crippen LogP contribution in [0.4, 0.5) is 0 Å². The average Bonchev–Trinajstić information content (AvgIpc) is 3.13. The Hall–Kier alpha value is -2.73. The van der Waals surface area contributed by atoms with E-state index in [0.717, 1.165) is 28.5 Å². The lowest BCUT2D eigenvalue weighted by Gasteiger charge is -2.05. The molecule has 7 heteroatoms. The van der Waals surface area contributed by atoms with Crippen molar-refractivity contribution in [3.05, 3.63) is 59.9 Å². The van der Waals surface area contributed by atoms with Gasteiger partial charge in [0.05, 0.1) is 6.54 Å². The Balaban J connectivity index is 1.70. The highest BCUT2D eigenvalue weighted by atomic mass is 35.5. The minimum absolute atomic E-state index is 0.555. The van der Waals surface area contributed by atoms with Gasteiger partial charge in [-0.3, -0.25) is 4.98 Å². The van der Waals surface area contributed by atoms with Crippen LogP contribution in [-0.4, -0.2) is 29.5 Å². The molecule has 0 unspecified atom stereocenters. The molecule has 0 amide bonds. The number of hydrogen-bond acceptors (Lipinski definition) is 4. The van der Waals surface area contributed by atoms with Crippen molar-refractivity contribution in [2.75, 3.05) is 0 Å². The van der Waals surface area contributed by atoms with Crippen molar-refractivity contribution in [2.45, 2.75) is 6.54 Å². The maximum Gasteiger partial charge on any atom is 0.159 e. The molecule has 0 aliphatic carbocycles. The number of H-pyrrole nitrogens is 1. The molecule has 6 nitrogen and oxygen atoms in total. The molecule has 0 atom stereocenters. The number of halogens is 1. The lowest BCUT2D eigenvalue weighted by molar-refractivity contribution is 0.763. The summed E-state index contributed by atoms with van der Waals surface area (Å²) in [6.07, 6.45) is 7.03. The van der Waals surface area contributed by atoms with Gasteiger partial charge in [-0.25, -0.2) is 15.0 Å². The van der Waals surface area contributed by atoms with Gasteiger partial charge in [0.25, 0.3) is 0 Å². The normalized spacial score (nSPS) is 11.1. The first-order valence-electron chi connectivity index (χ1n) is 6.72. The molecule has 1 N–H and O–H groups in total. The monoisotopic (exact) mass is 310 g/mol. The molecular weight excluding hydrogens is 300 g/mol. The fourth-order valence-electron chi connectivity index (χ4n) is 2.33. The summed E-state index contributed by atoms with van der Waals surface area (Å²) in [5.41, 5.74) is 2.35. The van der Waals surface area contributed by atoms with E-state index in [1.165, 1.54) is 0 Å². The van der Waals surface area contributed by atoms with Crippen LogP contribution in [0.5, 0.6) is 0 Å². The second-order valence-electron chi connectivity index (χ2n) is 4.79. The van der Waals surface area contributed by atoms with Gasteiger partial charge in [0, 0.05) is 29.8 Å². The molecule has 0 saturated carbocycles. The maximum atomic E-state index is 6.02. The van der Waals surface area contributed by atoms with Gasteiger partial charge in [0.15, 0.2) is 11.5 Å². The average molecular weight is 311 g/mol. The summed E-state index contributed by atoms with van der Waals surface area (Å²) in [5.74, 6) is 1.56. The summed E-state index contributed by atoms with van der Waals surface area (Å²) >= 11 is 6.02. The first-order chi connectivity index (χ1) is 10.8. The van der Waals surface area contributed by atoms with Gasteiger partial charge >= 0.3 is 0 Å². The lowest BCUT2D eigenvalue weighted by atomic mass is 10.3. The number of nitrogens with zero attached hydrogens (tertiary/aromatic N) is 5. The highest BCUT2D eigenvalue weighted by molar-refractivity contribution is 6.30. The molecule has 4 heterocycles. The topological polar surface area (TPSA) is 72.3 Å². The van der Waals surface area contributed by atoms with Crippen molar-refractivity contribution >= 4 is 22.8 Å². The maximum absolute atomic E-state index is 6.02. The Morgan fingerprint density at radius 3 is 2.91 bits per heavy atom. The molecule has 0 bridgehead atoms. The van der Waals surface area contributed by atoms with E-state index in [9.17, 15) is 0 Å². The molecule has 108 valence electrons. The third-order valence-corrected chi connectivity index (χ3v) is 3.53. The van der Waals surface area contributed by atoms with E-state index < -0.39 is 0 Å². The molecule has 22 heavy (non-hydrogen) atoms. The standard InChI is InChI=1S/C15H11ClN6/c16-10-3-5-17-12(8-10)15-19-6-7-22(15)9-13-20-11-2-1-4-18-14(11)21-13/h1-8H,9H2,(H,18,20,21). The summed E-state index contributed by atoms with van der Waals surface area (Å²) in [6.45, 7) is 0.555. The molecule has 0 fully saturated rings. The summed E-state index contributed by atoms with van der Waals surface area (Å²) in [6, 6.07) is 7.32. The second kappa shape index (κ2) is 5.23. The van der Waals surface area contributed by atoms with E-state index in [1.54, 1.807) is 30.7 Å². The second-order valence-corrected chi connectivity index (χ2v) is 5.23. The lowest BCUT2D eigenvalue weighted by Crippen LogP contribution is -2.03. The van der Waals surface area contributed by atoms with Crippen LogP contribution in [0.1, 0.15) is 5.82 Å². The molecule has 0 saturated heterocycles. The van der Waals surface area contributed by atoms with Crippen LogP contribution >= 0.6 is 11.6 Å². The number of imidazole rings is 2. The minimum Gasteiger partial charge on any atom is -0.325 e. The zero-order chi connectivity index (χ0) is 14.9. The molecule has 0 radical (unpaired) electrons. The number of aromatic nitrogens is 6. The molecule has 4 aromatic heterocycles. The van der Waals surface area contributed by atoms with E-state index in [1.807, 2.05) is 22.9 Å². The van der Waals surface area contributed by atoms with Gasteiger partial charge in [-0.1, -0.05) is 11.6 Å². The van der Waals surface area contributed by atoms with Gasteiger partial charge in [-0.2, -0.15) is 0 Å². The number of pyridine rings is 2. The number of hydrogen-bond donors (Lipinski definition) is 1. The zero-order valence-corrected chi connectivity index (χ0v) is 12.2. The van der Waals surface area contributed by atoms with Crippen LogP contribution in [0.3, 0.4) is 0 Å². The highest BCUT2D eigenvalue weighted by Gasteiger charge is 2.10. The summed E-state index contributed by atoms with van der Waals surface area (Å²) in [5, 5.41) is 0.632. The SMILES string of the molecule is Clc1ccnc(-c2nccn2Cc2nc3cccnc3[nH]2)c1. The van der Waals surface area contributed by atoms with Crippen LogP contribution < -0.4 is 0 Å². The Labute approximate surface area is 130 Å². The van der Waals surface area contributed by atoms with Gasteiger partial charge in [0.1, 0.15) is 17.0 Å². The molecule has 0 aliphatic heterocycles. The number of rotatable bonds is 3. The fourth-order valence-corrected chi connectivity index (χ4v) is 2.49. The molecule has 4 aromatic rings. The summed E-state index contributed by atoms with van der Waals surface area (Å²) < 4.78 is 1.97. The van der Waals surface area contributed by atoms with Gasteiger partial charge in [-0.05, 0) is 24.3 Å². The molecule has 0 aromatic carbocycles. The summed E-state index contributed by atoms with van der Waals surface area (Å²) in [4.78, 5) is 20.7. The van der Waals surface area contributed by atoms with Crippen LogP contribution in [0.25, 0.3) is 22.7 Å². The highest BCUT2D eigenvalue weighted by Crippen LogP contribution is 2.19. The Bertz CT molecular complexity index is 909. The minimum atomic E-state index is 0.555. The van der Waals surface area contributed by atoms with Crippen molar-refractivity contribution in [2.24, 2.45) is 0 Å². The Morgan fingerprint density at radius 1 is 1.09 bits per heavy atom. The third kappa shape index (κ3) is 2.33. The molecular formula is C15H11ClN6. The van der Waals surface area contributed by atoms with E-state index >= 15 is 0 Å². The van der Waals surface area contributed by atoms with Crippen molar-refractivity contribution in [1.29, 1.82) is 0 Å². The van der Waals surface area contributed by atoms with Crippen LogP contribution in [-0.2, 0) is 6.54 Å². The van der Waals surface area contributed by atoms with Gasteiger partial charge in [0.2, 0.25) is 0 Å². The first-order valence-corrected chi connectivity index (χ1v) is 7.10. The smallest absolute Gasteiger partial charge is 0.159 e. The third-order valence-electron chi connectivity index (χ3n) is 3.29. The van der Waals surface area contributed by atoms with Crippen molar-refractivity contribution in [3.63, 3.8) is 0 Å². The van der Waals surface area contributed by atoms with E-state index in [-0.39, 0.29) is 0 Å². The Morgan fingerprint density at radius 2 is 2.05 bits per heavy atom. The van der Waals surface area contributed by atoms with E-state index in [2.05, 4.69) is 24.9 Å². The van der Waals surface area contributed by atoms with Crippen molar-refractivity contribution in [1.82, 2.24) is 29.5 Å². The molecule has 0 aliphatic rings. The van der Waals surface area contributed by atoms with Crippen molar-refractivity contribution in [3.8, 4) is 11.5 Å². The van der Waals surface area contributed by atoms with E-state index in [4.69, 9.17) is 11.6 Å². The van der Waals surface area contributed by atoms with Gasteiger partial charge < -0.3 is 9.55 Å². The summed E-state index contributed by atoms with van der Waals surface area (Å²) in [7, 11) is 0. The quantitative estimate of drug-likeness (QED) is 0.631. The largest absolute Gasteiger partial charge is 0.325 e. The number of fused-ring (bicyclic) bond motifs is 1.